The molecule has 2 aromatic rings. The fraction of sp³-hybridized carbons (Fsp3) is 0.250. The number of ether oxygens (including phenoxy) is 1. The minimum absolute atomic E-state index is 0.321. The Morgan fingerprint density at radius 3 is 1.89 bits per heavy atom. The summed E-state index contributed by atoms with van der Waals surface area (Å²) in [6.45, 7) is 2.51. The van der Waals surface area contributed by atoms with Gasteiger partial charge in [-0.3, -0.25) is 0 Å². The van der Waals surface area contributed by atoms with Crippen LogP contribution in [0.25, 0.3) is 0 Å². The van der Waals surface area contributed by atoms with E-state index in [4.69, 9.17) is 4.74 Å². The molecule has 0 saturated carbocycles. The summed E-state index contributed by atoms with van der Waals surface area (Å²) in [7, 11) is 0. The van der Waals surface area contributed by atoms with E-state index in [1.807, 2.05) is 67.6 Å². The fourth-order valence-electron chi connectivity index (χ4n) is 2.02. The lowest BCUT2D eigenvalue weighted by atomic mass is 9.98. The predicted molar refractivity (Wildman–Crippen MR) is 72.2 cm³/mol. The number of aliphatic hydroxyl groups excluding tert-OH is 1. The number of hydrogen-bond donors (Lipinski definition) is 1. The first-order chi connectivity index (χ1) is 8.83. The van der Waals surface area contributed by atoms with E-state index in [-0.39, 0.29) is 6.10 Å². The molecule has 0 spiro atoms. The van der Waals surface area contributed by atoms with Crippen LogP contribution in [0, 0.1) is 0 Å². The molecule has 0 fully saturated rings. The zero-order chi connectivity index (χ0) is 12.8. The Morgan fingerprint density at radius 1 is 0.889 bits per heavy atom. The third-order valence-corrected chi connectivity index (χ3v) is 2.90. The van der Waals surface area contributed by atoms with Gasteiger partial charge in [0.2, 0.25) is 0 Å². The van der Waals surface area contributed by atoms with E-state index in [9.17, 15) is 5.11 Å². The molecule has 18 heavy (non-hydrogen) atoms. The Bertz CT molecular complexity index is 453. The molecule has 2 heteroatoms. The van der Waals surface area contributed by atoms with E-state index in [0.29, 0.717) is 6.61 Å². The molecule has 0 aromatic heterocycles. The summed E-state index contributed by atoms with van der Waals surface area (Å²) >= 11 is 0. The first-order valence-electron chi connectivity index (χ1n) is 6.22. The molecule has 2 atom stereocenters. The van der Waals surface area contributed by atoms with Crippen molar-refractivity contribution < 1.29 is 9.84 Å². The summed E-state index contributed by atoms with van der Waals surface area (Å²) in [6, 6.07) is 19.4. The summed E-state index contributed by atoms with van der Waals surface area (Å²) in [5, 5.41) is 10.4. The van der Waals surface area contributed by atoms with Gasteiger partial charge in [0, 0.05) is 6.61 Å². The SMILES string of the molecule is CCO[C@@H](c1ccccc1)[C@H](O)c1ccccc1. The topological polar surface area (TPSA) is 29.5 Å². The Labute approximate surface area is 108 Å². The highest BCUT2D eigenvalue weighted by atomic mass is 16.5. The van der Waals surface area contributed by atoms with Crippen molar-refractivity contribution in [2.75, 3.05) is 6.61 Å². The van der Waals surface area contributed by atoms with Crippen molar-refractivity contribution in [3.8, 4) is 0 Å². The van der Waals surface area contributed by atoms with Crippen LogP contribution in [-0.2, 0) is 4.74 Å². The van der Waals surface area contributed by atoms with Gasteiger partial charge in [-0.25, -0.2) is 0 Å². The van der Waals surface area contributed by atoms with Crippen LogP contribution < -0.4 is 0 Å². The highest BCUT2D eigenvalue weighted by molar-refractivity contribution is 5.24. The van der Waals surface area contributed by atoms with Crippen LogP contribution in [0.4, 0.5) is 0 Å². The highest BCUT2D eigenvalue weighted by Crippen LogP contribution is 2.31. The molecular weight excluding hydrogens is 224 g/mol. The second kappa shape index (κ2) is 6.34. The zero-order valence-corrected chi connectivity index (χ0v) is 10.5. The van der Waals surface area contributed by atoms with E-state index >= 15 is 0 Å². The first-order valence-corrected chi connectivity index (χ1v) is 6.22. The number of aliphatic hydroxyl groups is 1. The normalized spacial score (nSPS) is 14.1. The van der Waals surface area contributed by atoms with Gasteiger partial charge in [0.25, 0.3) is 0 Å². The zero-order valence-electron chi connectivity index (χ0n) is 10.5. The van der Waals surface area contributed by atoms with Crippen LogP contribution in [0.1, 0.15) is 30.3 Å². The minimum Gasteiger partial charge on any atom is -0.385 e. The minimum atomic E-state index is -0.645. The maximum absolute atomic E-state index is 10.4. The summed E-state index contributed by atoms with van der Waals surface area (Å²) < 4.78 is 5.69. The van der Waals surface area contributed by atoms with Crippen molar-refractivity contribution in [3.05, 3.63) is 71.8 Å². The van der Waals surface area contributed by atoms with Gasteiger partial charge in [-0.1, -0.05) is 60.7 Å². The third kappa shape index (κ3) is 2.97. The molecule has 1 N–H and O–H groups in total. The van der Waals surface area contributed by atoms with Crippen molar-refractivity contribution in [2.45, 2.75) is 19.1 Å². The first kappa shape index (κ1) is 12.8. The molecule has 2 aromatic carbocycles. The lowest BCUT2D eigenvalue weighted by Gasteiger charge is -2.23. The Balaban J connectivity index is 2.26. The van der Waals surface area contributed by atoms with Gasteiger partial charge >= 0.3 is 0 Å². The van der Waals surface area contributed by atoms with Gasteiger partial charge in [-0.15, -0.1) is 0 Å². The van der Waals surface area contributed by atoms with Crippen molar-refractivity contribution >= 4 is 0 Å². The molecule has 0 saturated heterocycles. The standard InChI is InChI=1S/C16H18O2/c1-2-18-16(14-11-7-4-8-12-14)15(17)13-9-5-3-6-10-13/h3-12,15-17H,2H2,1H3/t15-,16+/m1/s1. The summed E-state index contributed by atoms with van der Waals surface area (Å²) in [5.41, 5.74) is 1.87. The molecular formula is C16H18O2. The summed E-state index contributed by atoms with van der Waals surface area (Å²) in [4.78, 5) is 0. The van der Waals surface area contributed by atoms with Crippen molar-refractivity contribution in [3.63, 3.8) is 0 Å². The van der Waals surface area contributed by atoms with Crippen LogP contribution in [0.3, 0.4) is 0 Å². The maximum atomic E-state index is 10.4. The molecule has 2 rings (SSSR count). The molecule has 0 heterocycles. The quantitative estimate of drug-likeness (QED) is 0.869. The van der Waals surface area contributed by atoms with Crippen LogP contribution in [0.5, 0.6) is 0 Å². The van der Waals surface area contributed by atoms with Crippen LogP contribution >= 0.6 is 0 Å². The third-order valence-electron chi connectivity index (χ3n) is 2.90. The monoisotopic (exact) mass is 242 g/mol. The second-order valence-electron chi connectivity index (χ2n) is 4.14. The summed E-state index contributed by atoms with van der Waals surface area (Å²) in [6.07, 6.45) is -0.966. The van der Waals surface area contributed by atoms with Gasteiger partial charge in [0.1, 0.15) is 12.2 Å². The van der Waals surface area contributed by atoms with E-state index < -0.39 is 6.10 Å². The van der Waals surface area contributed by atoms with Gasteiger partial charge in [0.05, 0.1) is 0 Å². The number of benzene rings is 2. The molecule has 2 nitrogen and oxygen atoms in total. The fourth-order valence-corrected chi connectivity index (χ4v) is 2.02. The molecule has 0 aliphatic rings. The molecule has 0 aliphatic carbocycles. The number of rotatable bonds is 5. The predicted octanol–water partition coefficient (Wildman–Crippen LogP) is 3.50. The lowest BCUT2D eigenvalue weighted by molar-refractivity contribution is -0.0361. The Kier molecular flexibility index (Phi) is 4.51. The number of hydrogen-bond acceptors (Lipinski definition) is 2. The highest BCUT2D eigenvalue weighted by Gasteiger charge is 2.22. The Morgan fingerprint density at radius 2 is 1.39 bits per heavy atom. The molecule has 0 aliphatic heterocycles. The molecule has 94 valence electrons. The average Bonchev–Trinajstić information content (AvgIpc) is 2.46. The average molecular weight is 242 g/mol. The van der Waals surface area contributed by atoms with Gasteiger partial charge in [0.15, 0.2) is 0 Å². The van der Waals surface area contributed by atoms with Crippen molar-refractivity contribution in [1.82, 2.24) is 0 Å². The lowest BCUT2D eigenvalue weighted by Crippen LogP contribution is -2.14. The van der Waals surface area contributed by atoms with E-state index in [1.165, 1.54) is 0 Å². The van der Waals surface area contributed by atoms with Crippen LogP contribution in [0.15, 0.2) is 60.7 Å². The molecule has 0 unspecified atom stereocenters. The van der Waals surface area contributed by atoms with Gasteiger partial charge < -0.3 is 9.84 Å². The van der Waals surface area contributed by atoms with Crippen LogP contribution in [-0.4, -0.2) is 11.7 Å². The van der Waals surface area contributed by atoms with Gasteiger partial charge in [-0.2, -0.15) is 0 Å². The second-order valence-corrected chi connectivity index (χ2v) is 4.14. The van der Waals surface area contributed by atoms with E-state index in [2.05, 4.69) is 0 Å². The van der Waals surface area contributed by atoms with Crippen LogP contribution in [0.2, 0.25) is 0 Å². The smallest absolute Gasteiger partial charge is 0.112 e. The molecule has 0 radical (unpaired) electrons. The molecule has 0 bridgehead atoms. The van der Waals surface area contributed by atoms with E-state index in [0.717, 1.165) is 11.1 Å². The van der Waals surface area contributed by atoms with Gasteiger partial charge in [-0.05, 0) is 18.1 Å². The van der Waals surface area contributed by atoms with Crippen molar-refractivity contribution in [2.24, 2.45) is 0 Å². The maximum Gasteiger partial charge on any atom is 0.112 e. The Hall–Kier alpha value is -1.64. The summed E-state index contributed by atoms with van der Waals surface area (Å²) in [5.74, 6) is 0. The van der Waals surface area contributed by atoms with E-state index in [1.54, 1.807) is 0 Å². The molecule has 0 amide bonds. The largest absolute Gasteiger partial charge is 0.385 e. The van der Waals surface area contributed by atoms with Crippen molar-refractivity contribution in [1.29, 1.82) is 0 Å².